The Labute approximate surface area is 174 Å². The molecule has 0 aromatic heterocycles. The molecular formula is C24H32N2O3. The molecule has 0 spiro atoms. The van der Waals surface area contributed by atoms with E-state index >= 15 is 0 Å². The van der Waals surface area contributed by atoms with Gasteiger partial charge in [0.15, 0.2) is 11.5 Å². The molecule has 2 rings (SSSR count). The fraction of sp³-hybridized carbons (Fsp3) is 0.375. The molecule has 1 N–H and O–H groups in total. The Kier molecular flexibility index (Phi) is 9.09. The lowest BCUT2D eigenvalue weighted by molar-refractivity contribution is -0.111. The first-order chi connectivity index (χ1) is 14.0. The van der Waals surface area contributed by atoms with Gasteiger partial charge in [-0.25, -0.2) is 0 Å². The Morgan fingerprint density at radius 1 is 1.03 bits per heavy atom. The van der Waals surface area contributed by atoms with Crippen LogP contribution in [-0.4, -0.2) is 33.7 Å². The SMILES string of the molecule is CCCCCCOc1ccc(/C=C/C(=O)Nc2ccc(N(C)C)cc2)cc1OC. The van der Waals surface area contributed by atoms with Crippen LogP contribution < -0.4 is 19.7 Å². The number of anilines is 2. The molecule has 0 bridgehead atoms. The molecule has 0 radical (unpaired) electrons. The molecule has 29 heavy (non-hydrogen) atoms. The zero-order valence-corrected chi connectivity index (χ0v) is 17.9. The molecule has 0 heterocycles. The fourth-order valence-corrected chi connectivity index (χ4v) is 2.82. The predicted octanol–water partition coefficient (Wildman–Crippen LogP) is 5.37. The van der Waals surface area contributed by atoms with Crippen LogP contribution in [0.2, 0.25) is 0 Å². The monoisotopic (exact) mass is 396 g/mol. The first-order valence-corrected chi connectivity index (χ1v) is 10.1. The molecule has 5 nitrogen and oxygen atoms in total. The predicted molar refractivity (Wildman–Crippen MR) is 121 cm³/mol. The van der Waals surface area contributed by atoms with Crippen molar-refractivity contribution >= 4 is 23.4 Å². The van der Waals surface area contributed by atoms with Crippen LogP contribution in [0.5, 0.6) is 11.5 Å². The molecule has 0 aliphatic carbocycles. The van der Waals surface area contributed by atoms with Gasteiger partial charge in [0.05, 0.1) is 13.7 Å². The van der Waals surface area contributed by atoms with Gasteiger partial charge in [-0.3, -0.25) is 4.79 Å². The Morgan fingerprint density at radius 3 is 2.45 bits per heavy atom. The van der Waals surface area contributed by atoms with Crippen molar-refractivity contribution in [2.45, 2.75) is 32.6 Å². The number of amides is 1. The summed E-state index contributed by atoms with van der Waals surface area (Å²) in [5.74, 6) is 1.21. The molecule has 5 heteroatoms. The second-order valence-corrected chi connectivity index (χ2v) is 7.08. The molecule has 0 saturated carbocycles. The Balaban J connectivity index is 1.92. The lowest BCUT2D eigenvalue weighted by Crippen LogP contribution is -2.10. The molecule has 2 aromatic rings. The van der Waals surface area contributed by atoms with Gasteiger partial charge in [0.2, 0.25) is 5.91 Å². The quantitative estimate of drug-likeness (QED) is 0.410. The average molecular weight is 397 g/mol. The summed E-state index contributed by atoms with van der Waals surface area (Å²) in [5.41, 5.74) is 2.71. The maximum absolute atomic E-state index is 12.2. The zero-order valence-electron chi connectivity index (χ0n) is 17.9. The van der Waals surface area contributed by atoms with Gasteiger partial charge in [0, 0.05) is 31.5 Å². The lowest BCUT2D eigenvalue weighted by Gasteiger charge is -2.12. The number of methoxy groups -OCH3 is 1. The Bertz CT molecular complexity index is 798. The van der Waals surface area contributed by atoms with Gasteiger partial charge in [-0.15, -0.1) is 0 Å². The number of benzene rings is 2. The van der Waals surface area contributed by atoms with Crippen LogP contribution in [-0.2, 0) is 4.79 Å². The van der Waals surface area contributed by atoms with Gasteiger partial charge in [0.1, 0.15) is 0 Å². The van der Waals surface area contributed by atoms with Crippen LogP contribution in [0.4, 0.5) is 11.4 Å². The molecule has 156 valence electrons. The number of ether oxygens (including phenoxy) is 2. The number of hydrogen-bond donors (Lipinski definition) is 1. The number of hydrogen-bond acceptors (Lipinski definition) is 4. The summed E-state index contributed by atoms with van der Waals surface area (Å²) in [6.07, 6.45) is 7.92. The molecule has 1 amide bonds. The zero-order chi connectivity index (χ0) is 21.1. The summed E-state index contributed by atoms with van der Waals surface area (Å²) in [6.45, 7) is 2.87. The van der Waals surface area contributed by atoms with E-state index in [9.17, 15) is 4.79 Å². The molecule has 2 aromatic carbocycles. The topological polar surface area (TPSA) is 50.8 Å². The molecule has 0 aliphatic heterocycles. The van der Waals surface area contributed by atoms with Crippen LogP contribution in [0, 0.1) is 0 Å². The van der Waals surface area contributed by atoms with Crippen LogP contribution in [0.3, 0.4) is 0 Å². The molecule has 0 unspecified atom stereocenters. The van der Waals surface area contributed by atoms with E-state index in [1.807, 2.05) is 61.5 Å². The number of carbonyl (C=O) groups is 1. The standard InChI is InChI=1S/C24H32N2O3/c1-5-6-7-8-17-29-22-15-9-19(18-23(22)28-4)10-16-24(27)25-20-11-13-21(14-12-20)26(2)3/h9-16,18H,5-8,17H2,1-4H3,(H,25,27)/b16-10+. The second kappa shape index (κ2) is 11.8. The maximum Gasteiger partial charge on any atom is 0.248 e. The van der Waals surface area contributed by atoms with Crippen molar-refractivity contribution in [1.82, 2.24) is 0 Å². The molecule has 0 aliphatic rings. The average Bonchev–Trinajstić information content (AvgIpc) is 2.73. The molecule has 0 atom stereocenters. The summed E-state index contributed by atoms with van der Waals surface area (Å²) >= 11 is 0. The Hall–Kier alpha value is -2.95. The van der Waals surface area contributed by atoms with Crippen LogP contribution in [0.25, 0.3) is 6.08 Å². The van der Waals surface area contributed by atoms with E-state index in [4.69, 9.17) is 9.47 Å². The van der Waals surface area contributed by atoms with Gasteiger partial charge >= 0.3 is 0 Å². The van der Waals surface area contributed by atoms with E-state index in [1.165, 1.54) is 25.3 Å². The normalized spacial score (nSPS) is 10.8. The molecular weight excluding hydrogens is 364 g/mol. The van der Waals surface area contributed by atoms with Crippen LogP contribution in [0.15, 0.2) is 48.5 Å². The third-order valence-electron chi connectivity index (χ3n) is 4.52. The highest BCUT2D eigenvalue weighted by molar-refractivity contribution is 6.02. The van der Waals surface area contributed by atoms with E-state index < -0.39 is 0 Å². The minimum Gasteiger partial charge on any atom is -0.493 e. The van der Waals surface area contributed by atoms with Gasteiger partial charge in [0.25, 0.3) is 0 Å². The molecule has 0 saturated heterocycles. The second-order valence-electron chi connectivity index (χ2n) is 7.08. The third kappa shape index (κ3) is 7.53. The van der Waals surface area contributed by atoms with E-state index in [0.717, 1.165) is 29.1 Å². The number of nitrogens with one attached hydrogen (secondary N) is 1. The first kappa shape index (κ1) is 22.3. The number of rotatable bonds is 11. The van der Waals surface area contributed by atoms with Crippen LogP contribution in [0.1, 0.15) is 38.2 Å². The minimum absolute atomic E-state index is 0.183. The number of carbonyl (C=O) groups excluding carboxylic acids is 1. The van der Waals surface area contributed by atoms with Crippen molar-refractivity contribution in [2.75, 3.05) is 38.0 Å². The Morgan fingerprint density at radius 2 is 1.79 bits per heavy atom. The summed E-state index contributed by atoms with van der Waals surface area (Å²) in [7, 11) is 5.58. The van der Waals surface area contributed by atoms with Crippen molar-refractivity contribution in [3.8, 4) is 11.5 Å². The third-order valence-corrected chi connectivity index (χ3v) is 4.52. The largest absolute Gasteiger partial charge is 0.493 e. The lowest BCUT2D eigenvalue weighted by atomic mass is 10.2. The van der Waals surface area contributed by atoms with Crippen molar-refractivity contribution < 1.29 is 14.3 Å². The summed E-state index contributed by atoms with van der Waals surface area (Å²) < 4.78 is 11.3. The van der Waals surface area contributed by atoms with Crippen LogP contribution >= 0.6 is 0 Å². The number of nitrogens with zero attached hydrogens (tertiary/aromatic N) is 1. The van der Waals surface area contributed by atoms with Crippen molar-refractivity contribution in [1.29, 1.82) is 0 Å². The summed E-state index contributed by atoms with van der Waals surface area (Å²) in [5, 5.41) is 2.86. The van der Waals surface area contributed by atoms with E-state index in [2.05, 4.69) is 12.2 Å². The maximum atomic E-state index is 12.2. The fourth-order valence-electron chi connectivity index (χ4n) is 2.82. The highest BCUT2D eigenvalue weighted by Gasteiger charge is 2.05. The van der Waals surface area contributed by atoms with E-state index in [0.29, 0.717) is 12.4 Å². The minimum atomic E-state index is -0.183. The summed E-state index contributed by atoms with van der Waals surface area (Å²) in [4.78, 5) is 14.2. The van der Waals surface area contributed by atoms with Crippen molar-refractivity contribution in [2.24, 2.45) is 0 Å². The van der Waals surface area contributed by atoms with E-state index in [-0.39, 0.29) is 5.91 Å². The summed E-state index contributed by atoms with van der Waals surface area (Å²) in [6, 6.07) is 13.4. The first-order valence-electron chi connectivity index (χ1n) is 10.1. The van der Waals surface area contributed by atoms with Gasteiger partial charge in [-0.2, -0.15) is 0 Å². The van der Waals surface area contributed by atoms with Gasteiger partial charge in [-0.1, -0.05) is 32.3 Å². The molecule has 0 fully saturated rings. The van der Waals surface area contributed by atoms with Crippen molar-refractivity contribution in [3.05, 3.63) is 54.1 Å². The highest BCUT2D eigenvalue weighted by Crippen LogP contribution is 2.29. The number of unbranched alkanes of at least 4 members (excludes halogenated alkanes) is 3. The van der Waals surface area contributed by atoms with Crippen molar-refractivity contribution in [3.63, 3.8) is 0 Å². The van der Waals surface area contributed by atoms with E-state index in [1.54, 1.807) is 13.2 Å². The highest BCUT2D eigenvalue weighted by atomic mass is 16.5. The smallest absolute Gasteiger partial charge is 0.248 e. The van der Waals surface area contributed by atoms with Gasteiger partial charge in [-0.05, 0) is 54.5 Å². The van der Waals surface area contributed by atoms with Gasteiger partial charge < -0.3 is 19.7 Å².